The number of rotatable bonds is 5. The van der Waals surface area contributed by atoms with Crippen LogP contribution in [-0.2, 0) is 25.6 Å². The number of halogens is 3. The summed E-state index contributed by atoms with van der Waals surface area (Å²) in [6.45, 7) is -0.0875. The minimum atomic E-state index is -5.23. The molecule has 0 radical (unpaired) electrons. The van der Waals surface area contributed by atoms with E-state index in [1.807, 2.05) is 0 Å². The van der Waals surface area contributed by atoms with E-state index in [0.717, 1.165) is 6.07 Å². The molecule has 3 aliphatic carbocycles. The van der Waals surface area contributed by atoms with Crippen LogP contribution in [0.5, 0.6) is 11.5 Å². The molecule has 0 unspecified atom stereocenters. The number of alkyl halides is 3. The number of benzene rings is 1. The number of nitrogens with two attached hydrogens (primary N) is 1. The molecule has 16 heteroatoms. The highest BCUT2D eigenvalue weighted by Crippen LogP contribution is 2.63. The molecule has 1 aromatic carbocycles. The molecule has 1 aliphatic heterocycles. The maximum atomic E-state index is 14.2. The first-order valence-corrected chi connectivity index (χ1v) is 13.1. The van der Waals surface area contributed by atoms with Crippen LogP contribution in [-0.4, -0.2) is 106 Å². The lowest BCUT2D eigenvalue weighted by molar-refractivity contribution is -0.275. The first kappa shape index (κ1) is 30.3. The number of amides is 2. The van der Waals surface area contributed by atoms with Crippen molar-refractivity contribution in [2.45, 2.75) is 37.3 Å². The first-order valence-electron chi connectivity index (χ1n) is 13.1. The normalized spacial score (nSPS) is 28.8. The van der Waals surface area contributed by atoms with Gasteiger partial charge in [-0.25, -0.2) is 0 Å². The second kappa shape index (κ2) is 9.68. The molecule has 232 valence electrons. The number of carbonyl (C=O) groups is 4. The Bertz CT molecular complexity index is 1550. The van der Waals surface area contributed by atoms with E-state index >= 15 is 0 Å². The number of aliphatic hydroxyl groups is 3. The molecule has 4 aliphatic rings. The number of aromatic hydroxyl groups is 1. The Morgan fingerprint density at radius 3 is 2.47 bits per heavy atom. The van der Waals surface area contributed by atoms with E-state index in [2.05, 4.69) is 10.1 Å². The minimum Gasteiger partial charge on any atom is -0.508 e. The predicted octanol–water partition coefficient (Wildman–Crippen LogP) is 0.507. The van der Waals surface area contributed by atoms with Crippen LogP contribution in [0.1, 0.15) is 24.0 Å². The van der Waals surface area contributed by atoms with Gasteiger partial charge >= 0.3 is 6.36 Å². The van der Waals surface area contributed by atoms with Crippen LogP contribution in [0, 0.1) is 11.3 Å². The fourth-order valence-corrected chi connectivity index (χ4v) is 7.21. The van der Waals surface area contributed by atoms with Crippen LogP contribution in [0.25, 0.3) is 5.76 Å². The lowest BCUT2D eigenvalue weighted by atomic mass is 9.49. The van der Waals surface area contributed by atoms with Crippen LogP contribution in [0.4, 0.5) is 18.9 Å². The van der Waals surface area contributed by atoms with E-state index in [9.17, 15) is 52.8 Å². The summed E-state index contributed by atoms with van der Waals surface area (Å²) in [6, 6.07) is -0.560. The van der Waals surface area contributed by atoms with E-state index in [1.165, 1.54) is 16.8 Å². The topological polar surface area (TPSA) is 203 Å². The number of hydrogen-bond donors (Lipinski definition) is 6. The highest BCUT2D eigenvalue weighted by Gasteiger charge is 2.74. The SMILES string of the molecule is CN(C)CC(=O)Nc1cc(OC(F)(F)F)c2c(c1O)C(O)=C1C(=O)[C@]3(O)C(O)=C(C(N)=O)C(=O)[C@H]4N(C)CC[C@]43C[C@@H]1C2. The zero-order valence-corrected chi connectivity index (χ0v) is 23.2. The summed E-state index contributed by atoms with van der Waals surface area (Å²) in [5, 5.41) is 47.8. The first-order chi connectivity index (χ1) is 19.9. The highest BCUT2D eigenvalue weighted by molar-refractivity contribution is 6.25. The van der Waals surface area contributed by atoms with E-state index in [4.69, 9.17) is 5.73 Å². The molecule has 4 atom stereocenters. The fraction of sp³-hybridized carbons (Fsp3) is 0.481. The average molecular weight is 611 g/mol. The number of nitrogens with one attached hydrogen (secondary N) is 1. The number of ether oxygens (including phenoxy) is 1. The molecule has 1 spiro atoms. The molecule has 5 rings (SSSR count). The lowest BCUT2D eigenvalue weighted by Crippen LogP contribution is -2.70. The van der Waals surface area contributed by atoms with Crippen molar-refractivity contribution in [3.8, 4) is 11.5 Å². The number of likely N-dealkylation sites (tertiary alicyclic amines) is 1. The Balaban J connectivity index is 1.75. The Hall–Kier alpha value is -4.15. The monoisotopic (exact) mass is 610 g/mol. The largest absolute Gasteiger partial charge is 0.573 e. The number of nitrogens with zero attached hydrogens (tertiary/aromatic N) is 2. The smallest absolute Gasteiger partial charge is 0.508 e. The van der Waals surface area contributed by atoms with Gasteiger partial charge in [-0.2, -0.15) is 0 Å². The number of ketones is 2. The van der Waals surface area contributed by atoms with Crippen molar-refractivity contribution in [2.24, 2.45) is 17.1 Å². The van der Waals surface area contributed by atoms with Gasteiger partial charge in [-0.1, -0.05) is 0 Å². The Labute approximate surface area is 242 Å². The van der Waals surface area contributed by atoms with Crippen molar-refractivity contribution in [1.29, 1.82) is 0 Å². The van der Waals surface area contributed by atoms with Gasteiger partial charge in [-0.15, -0.1) is 13.2 Å². The summed E-state index contributed by atoms with van der Waals surface area (Å²) >= 11 is 0. The van der Waals surface area contributed by atoms with Crippen LogP contribution in [0.2, 0.25) is 0 Å². The van der Waals surface area contributed by atoms with Crippen molar-refractivity contribution in [2.75, 3.05) is 39.5 Å². The number of likely N-dealkylation sites (N-methyl/N-ethyl adjacent to an activating group) is 2. The number of hydrogen-bond acceptors (Lipinski definition) is 11. The van der Waals surface area contributed by atoms with Gasteiger partial charge in [0, 0.05) is 22.6 Å². The Kier molecular flexibility index (Phi) is 6.83. The molecule has 1 saturated heterocycles. The molecule has 0 bridgehead atoms. The maximum absolute atomic E-state index is 14.2. The molecule has 43 heavy (non-hydrogen) atoms. The number of phenolic OH excluding ortho intramolecular Hbond substituents is 1. The summed E-state index contributed by atoms with van der Waals surface area (Å²) in [5.74, 6) is -9.53. The third kappa shape index (κ3) is 4.26. The standard InChI is InChI=1S/C27H29F3N4O9/c1-33(2)9-14(35)32-12-7-13(43-27(28,29)30)11-6-10-8-25-4-5-34(3)21(25)20(38)17(24(31)41)23(40)26(25,42)22(39)15(10)19(37)16(11)18(12)36/h7,10,21,36-37,40,42H,4-6,8-9H2,1-3H3,(H2,31,41)(H,32,35)/t10-,21+,25-,26-/m0/s1. The van der Waals surface area contributed by atoms with Crippen LogP contribution < -0.4 is 15.8 Å². The Morgan fingerprint density at radius 2 is 1.88 bits per heavy atom. The van der Waals surface area contributed by atoms with Gasteiger partial charge < -0.3 is 41.1 Å². The third-order valence-corrected chi connectivity index (χ3v) is 8.78. The number of fused-ring (bicyclic) bond motifs is 2. The van der Waals surface area contributed by atoms with Crippen LogP contribution >= 0.6 is 0 Å². The van der Waals surface area contributed by atoms with Crippen molar-refractivity contribution < 1.29 is 57.5 Å². The number of carbonyl (C=O) groups excluding carboxylic acids is 4. The van der Waals surface area contributed by atoms with E-state index < -0.39 is 105 Å². The molecule has 0 aromatic heterocycles. The van der Waals surface area contributed by atoms with Crippen molar-refractivity contribution in [3.05, 3.63) is 34.1 Å². The quantitative estimate of drug-likeness (QED) is 0.200. The molecule has 1 heterocycles. The van der Waals surface area contributed by atoms with Crippen molar-refractivity contribution in [3.63, 3.8) is 0 Å². The number of phenols is 1. The Morgan fingerprint density at radius 1 is 1.23 bits per heavy atom. The maximum Gasteiger partial charge on any atom is 0.573 e. The molecular weight excluding hydrogens is 581 g/mol. The van der Waals surface area contributed by atoms with Gasteiger partial charge in [0.2, 0.25) is 11.7 Å². The van der Waals surface area contributed by atoms with E-state index in [1.54, 1.807) is 14.1 Å². The number of aliphatic hydroxyl groups excluding tert-OH is 2. The molecule has 1 saturated carbocycles. The average Bonchev–Trinajstić information content (AvgIpc) is 3.20. The van der Waals surface area contributed by atoms with Gasteiger partial charge in [-0.3, -0.25) is 24.1 Å². The molecule has 7 N–H and O–H groups in total. The highest BCUT2D eigenvalue weighted by atomic mass is 19.4. The van der Waals surface area contributed by atoms with Crippen LogP contribution in [0.3, 0.4) is 0 Å². The third-order valence-electron chi connectivity index (χ3n) is 8.78. The molecule has 2 fully saturated rings. The summed E-state index contributed by atoms with van der Waals surface area (Å²) in [4.78, 5) is 55.1. The second-order valence-corrected chi connectivity index (χ2v) is 11.6. The molecular formula is C27H29F3N4O9. The lowest BCUT2D eigenvalue weighted by Gasteiger charge is -2.55. The van der Waals surface area contributed by atoms with Crippen molar-refractivity contribution in [1.82, 2.24) is 9.80 Å². The zero-order chi connectivity index (χ0) is 32.0. The van der Waals surface area contributed by atoms with Gasteiger partial charge in [0.05, 0.1) is 23.8 Å². The second-order valence-electron chi connectivity index (χ2n) is 11.6. The molecule has 2 amide bonds. The summed E-state index contributed by atoms with van der Waals surface area (Å²) in [7, 11) is 4.60. The van der Waals surface area contributed by atoms with Crippen LogP contribution in [0.15, 0.2) is 23.0 Å². The summed E-state index contributed by atoms with van der Waals surface area (Å²) in [5.41, 5.74) is -2.41. The summed E-state index contributed by atoms with van der Waals surface area (Å²) in [6.07, 6.45) is -5.99. The van der Waals surface area contributed by atoms with E-state index in [0.29, 0.717) is 0 Å². The zero-order valence-electron chi connectivity index (χ0n) is 23.2. The molecule has 1 aromatic rings. The van der Waals surface area contributed by atoms with Gasteiger partial charge in [0.15, 0.2) is 17.1 Å². The number of anilines is 1. The number of Topliss-reactive ketones (excluding diaryl/α,β-unsaturated/α-hetero) is 2. The van der Waals surface area contributed by atoms with E-state index in [-0.39, 0.29) is 31.5 Å². The predicted molar refractivity (Wildman–Crippen MR) is 141 cm³/mol. The summed E-state index contributed by atoms with van der Waals surface area (Å²) < 4.78 is 44.7. The fourth-order valence-electron chi connectivity index (χ4n) is 7.21. The van der Waals surface area contributed by atoms with Crippen molar-refractivity contribution >= 4 is 34.8 Å². The minimum absolute atomic E-state index is 0.0380. The number of primary amides is 1. The molecule has 13 nitrogen and oxygen atoms in total. The van der Waals surface area contributed by atoms with Gasteiger partial charge in [-0.05, 0) is 52.9 Å². The van der Waals surface area contributed by atoms with Gasteiger partial charge in [0.1, 0.15) is 22.8 Å². The van der Waals surface area contributed by atoms with Gasteiger partial charge in [0.25, 0.3) is 5.91 Å².